The molecule has 2 rings (SSSR count). The molecule has 0 aliphatic heterocycles. The molecule has 0 amide bonds. The molecule has 0 saturated heterocycles. The molecule has 0 spiro atoms. The largest absolute Gasteiger partial charge is 0.493 e. The molecule has 1 aliphatic rings. The standard InChI is InChI=1S/C18H29NO2/c1-14(15-9-6-4-5-7-10-15)19-13-16-11-8-12-17(20-2)18(16)21-3/h8,11-12,14-15,19H,4-7,9-10,13H2,1-3H3/t14-/m0/s1. The lowest BCUT2D eigenvalue weighted by Gasteiger charge is -2.24. The third-order valence-electron chi connectivity index (χ3n) is 4.71. The van der Waals surface area contributed by atoms with Crippen molar-refractivity contribution in [3.8, 4) is 11.5 Å². The summed E-state index contributed by atoms with van der Waals surface area (Å²) in [5.41, 5.74) is 1.16. The smallest absolute Gasteiger partial charge is 0.165 e. The van der Waals surface area contributed by atoms with Gasteiger partial charge in [0.25, 0.3) is 0 Å². The van der Waals surface area contributed by atoms with Crippen molar-refractivity contribution in [2.75, 3.05) is 14.2 Å². The van der Waals surface area contributed by atoms with Gasteiger partial charge in [-0.1, -0.05) is 37.8 Å². The van der Waals surface area contributed by atoms with E-state index in [4.69, 9.17) is 9.47 Å². The van der Waals surface area contributed by atoms with Crippen molar-refractivity contribution in [2.45, 2.75) is 58.0 Å². The highest BCUT2D eigenvalue weighted by molar-refractivity contribution is 5.46. The van der Waals surface area contributed by atoms with Crippen molar-refractivity contribution in [3.63, 3.8) is 0 Å². The van der Waals surface area contributed by atoms with E-state index in [-0.39, 0.29) is 0 Å². The number of benzene rings is 1. The van der Waals surface area contributed by atoms with Gasteiger partial charge in [-0.05, 0) is 31.7 Å². The van der Waals surface area contributed by atoms with Gasteiger partial charge in [-0.15, -0.1) is 0 Å². The van der Waals surface area contributed by atoms with Gasteiger partial charge in [-0.25, -0.2) is 0 Å². The molecule has 0 unspecified atom stereocenters. The number of ether oxygens (including phenoxy) is 2. The Morgan fingerprint density at radius 2 is 1.81 bits per heavy atom. The SMILES string of the molecule is COc1cccc(CN[C@@H](C)C2CCCCCC2)c1OC. The number of para-hydroxylation sites is 1. The summed E-state index contributed by atoms with van der Waals surface area (Å²) < 4.78 is 10.9. The molecule has 0 bridgehead atoms. The number of hydrogen-bond donors (Lipinski definition) is 1. The van der Waals surface area contributed by atoms with Crippen LogP contribution in [0.25, 0.3) is 0 Å². The zero-order valence-corrected chi connectivity index (χ0v) is 13.7. The topological polar surface area (TPSA) is 30.5 Å². The van der Waals surface area contributed by atoms with E-state index >= 15 is 0 Å². The Morgan fingerprint density at radius 1 is 1.10 bits per heavy atom. The van der Waals surface area contributed by atoms with E-state index in [1.807, 2.05) is 12.1 Å². The van der Waals surface area contributed by atoms with Gasteiger partial charge in [0.15, 0.2) is 11.5 Å². The molecule has 3 nitrogen and oxygen atoms in total. The molecule has 1 N–H and O–H groups in total. The predicted octanol–water partition coefficient (Wildman–Crippen LogP) is 4.15. The Hall–Kier alpha value is -1.22. The molecule has 0 heterocycles. The molecule has 1 fully saturated rings. The minimum absolute atomic E-state index is 0.555. The zero-order chi connectivity index (χ0) is 15.1. The molecule has 0 radical (unpaired) electrons. The summed E-state index contributed by atoms with van der Waals surface area (Å²) in [5, 5.41) is 3.69. The van der Waals surface area contributed by atoms with Crippen molar-refractivity contribution in [2.24, 2.45) is 5.92 Å². The van der Waals surface area contributed by atoms with E-state index in [2.05, 4.69) is 18.3 Å². The fraction of sp³-hybridized carbons (Fsp3) is 0.667. The van der Waals surface area contributed by atoms with E-state index in [1.165, 1.54) is 38.5 Å². The van der Waals surface area contributed by atoms with Crippen LogP contribution in [0.15, 0.2) is 18.2 Å². The maximum Gasteiger partial charge on any atom is 0.165 e. The van der Waals surface area contributed by atoms with Crippen LogP contribution in [0, 0.1) is 5.92 Å². The zero-order valence-electron chi connectivity index (χ0n) is 13.7. The van der Waals surface area contributed by atoms with Crippen molar-refractivity contribution in [3.05, 3.63) is 23.8 Å². The van der Waals surface area contributed by atoms with Gasteiger partial charge in [0.2, 0.25) is 0 Å². The number of nitrogens with one attached hydrogen (secondary N) is 1. The Kier molecular flexibility index (Phi) is 6.37. The molecule has 3 heteroatoms. The van der Waals surface area contributed by atoms with E-state index in [0.29, 0.717) is 6.04 Å². The molecule has 1 atom stereocenters. The van der Waals surface area contributed by atoms with Gasteiger partial charge in [-0.3, -0.25) is 0 Å². The summed E-state index contributed by atoms with van der Waals surface area (Å²) in [7, 11) is 3.39. The summed E-state index contributed by atoms with van der Waals surface area (Å²) in [6.45, 7) is 3.15. The first kappa shape index (κ1) is 16.2. The normalized spacial score (nSPS) is 18.0. The van der Waals surface area contributed by atoms with Crippen LogP contribution in [0.5, 0.6) is 11.5 Å². The van der Waals surface area contributed by atoms with Gasteiger partial charge in [-0.2, -0.15) is 0 Å². The van der Waals surface area contributed by atoms with Gasteiger partial charge in [0, 0.05) is 18.2 Å². The van der Waals surface area contributed by atoms with Gasteiger partial charge in [0.1, 0.15) is 0 Å². The molecule has 1 aliphatic carbocycles. The van der Waals surface area contributed by atoms with Crippen LogP contribution in [0.4, 0.5) is 0 Å². The summed E-state index contributed by atoms with van der Waals surface area (Å²) in [6, 6.07) is 6.62. The third kappa shape index (κ3) is 4.37. The molecular formula is C18H29NO2. The Morgan fingerprint density at radius 3 is 2.43 bits per heavy atom. The molecule has 118 valence electrons. The quantitative estimate of drug-likeness (QED) is 0.799. The van der Waals surface area contributed by atoms with Crippen LogP contribution >= 0.6 is 0 Å². The van der Waals surface area contributed by atoms with Crippen molar-refractivity contribution in [1.82, 2.24) is 5.32 Å². The Balaban J connectivity index is 1.95. The van der Waals surface area contributed by atoms with Crippen molar-refractivity contribution < 1.29 is 9.47 Å². The molecule has 1 saturated carbocycles. The summed E-state index contributed by atoms with van der Waals surface area (Å²) in [5.74, 6) is 2.46. The minimum Gasteiger partial charge on any atom is -0.493 e. The fourth-order valence-electron chi connectivity index (χ4n) is 3.34. The maximum absolute atomic E-state index is 5.50. The second-order valence-electron chi connectivity index (χ2n) is 6.07. The Labute approximate surface area is 129 Å². The first-order valence-electron chi connectivity index (χ1n) is 8.19. The van der Waals surface area contributed by atoms with Gasteiger partial charge in [0.05, 0.1) is 14.2 Å². The van der Waals surface area contributed by atoms with E-state index in [0.717, 1.165) is 29.5 Å². The lowest BCUT2D eigenvalue weighted by atomic mass is 9.93. The number of hydrogen-bond acceptors (Lipinski definition) is 3. The summed E-state index contributed by atoms with van der Waals surface area (Å²) in [6.07, 6.45) is 8.32. The van der Waals surface area contributed by atoms with Crippen LogP contribution in [0.3, 0.4) is 0 Å². The van der Waals surface area contributed by atoms with Crippen LogP contribution in [0.1, 0.15) is 51.0 Å². The van der Waals surface area contributed by atoms with Crippen molar-refractivity contribution in [1.29, 1.82) is 0 Å². The van der Waals surface area contributed by atoms with E-state index < -0.39 is 0 Å². The highest BCUT2D eigenvalue weighted by Crippen LogP contribution is 2.31. The number of rotatable bonds is 6. The molecular weight excluding hydrogens is 262 g/mol. The van der Waals surface area contributed by atoms with Crippen LogP contribution < -0.4 is 14.8 Å². The Bertz CT molecular complexity index is 425. The van der Waals surface area contributed by atoms with Crippen molar-refractivity contribution >= 4 is 0 Å². The van der Waals surface area contributed by atoms with Gasteiger partial charge < -0.3 is 14.8 Å². The molecule has 0 aromatic heterocycles. The monoisotopic (exact) mass is 291 g/mol. The second kappa shape index (κ2) is 8.28. The highest BCUT2D eigenvalue weighted by atomic mass is 16.5. The van der Waals surface area contributed by atoms with Crippen LogP contribution in [-0.2, 0) is 6.54 Å². The second-order valence-corrected chi connectivity index (χ2v) is 6.07. The summed E-state index contributed by atoms with van der Waals surface area (Å²) >= 11 is 0. The molecule has 21 heavy (non-hydrogen) atoms. The fourth-order valence-corrected chi connectivity index (χ4v) is 3.34. The van der Waals surface area contributed by atoms with E-state index in [9.17, 15) is 0 Å². The predicted molar refractivity (Wildman–Crippen MR) is 87.0 cm³/mol. The molecule has 1 aromatic carbocycles. The average molecular weight is 291 g/mol. The van der Waals surface area contributed by atoms with E-state index in [1.54, 1.807) is 14.2 Å². The lowest BCUT2D eigenvalue weighted by Crippen LogP contribution is -2.33. The lowest BCUT2D eigenvalue weighted by molar-refractivity contribution is 0.328. The third-order valence-corrected chi connectivity index (χ3v) is 4.71. The first-order chi connectivity index (χ1) is 10.3. The maximum atomic E-state index is 5.50. The summed E-state index contributed by atoms with van der Waals surface area (Å²) in [4.78, 5) is 0. The first-order valence-corrected chi connectivity index (χ1v) is 8.19. The van der Waals surface area contributed by atoms with Crippen LogP contribution in [0.2, 0.25) is 0 Å². The highest BCUT2D eigenvalue weighted by Gasteiger charge is 2.19. The average Bonchev–Trinajstić information content (AvgIpc) is 2.81. The van der Waals surface area contributed by atoms with Crippen LogP contribution in [-0.4, -0.2) is 20.3 Å². The minimum atomic E-state index is 0.555. The number of methoxy groups -OCH3 is 2. The molecule has 1 aromatic rings. The van der Waals surface area contributed by atoms with Gasteiger partial charge >= 0.3 is 0 Å².